The minimum absolute atomic E-state index is 0.0807. The topological polar surface area (TPSA) is 86.0 Å². The molecule has 1 heterocycles. The molecule has 7 heteroatoms. The molecule has 0 aliphatic carbocycles. The summed E-state index contributed by atoms with van der Waals surface area (Å²) in [6.07, 6.45) is 1.61. The van der Waals surface area contributed by atoms with Crippen molar-refractivity contribution in [3.8, 4) is 5.75 Å². The third-order valence-electron chi connectivity index (χ3n) is 3.58. The van der Waals surface area contributed by atoms with Gasteiger partial charge in [0.1, 0.15) is 23.3 Å². The van der Waals surface area contributed by atoms with Crippen molar-refractivity contribution in [2.24, 2.45) is 0 Å². The zero-order valence-corrected chi connectivity index (χ0v) is 15.8. The van der Waals surface area contributed by atoms with Crippen molar-refractivity contribution in [2.45, 2.75) is 32.8 Å². The lowest BCUT2D eigenvalue weighted by molar-refractivity contribution is 0.0490. The van der Waals surface area contributed by atoms with Crippen molar-refractivity contribution in [1.82, 2.24) is 0 Å². The number of unbranched alkanes of at least 4 members (excludes halogenated alkanes) is 1. The molecular formula is C19H24O6S. The van der Waals surface area contributed by atoms with Crippen molar-refractivity contribution in [3.63, 3.8) is 0 Å². The second kappa shape index (κ2) is 10.2. The van der Waals surface area contributed by atoms with Crippen LogP contribution in [0, 0.1) is 0 Å². The molecule has 0 amide bonds. The monoisotopic (exact) mass is 380 g/mol. The van der Waals surface area contributed by atoms with E-state index >= 15 is 0 Å². The Hall–Kier alpha value is -1.99. The number of hydrogen-bond acceptors (Lipinski definition) is 7. The van der Waals surface area contributed by atoms with Gasteiger partial charge in [-0.05, 0) is 31.2 Å². The highest BCUT2D eigenvalue weighted by Gasteiger charge is 2.16. The maximum Gasteiger partial charge on any atom is 0.374 e. The van der Waals surface area contributed by atoms with Gasteiger partial charge in [0, 0.05) is 11.8 Å². The first kappa shape index (κ1) is 20.3. The van der Waals surface area contributed by atoms with E-state index in [2.05, 4.69) is 6.92 Å². The van der Waals surface area contributed by atoms with Crippen LogP contribution < -0.4 is 10.2 Å². The van der Waals surface area contributed by atoms with Gasteiger partial charge in [-0.3, -0.25) is 4.79 Å². The van der Waals surface area contributed by atoms with E-state index < -0.39 is 17.5 Å². The number of benzene rings is 1. The highest BCUT2D eigenvalue weighted by Crippen LogP contribution is 2.24. The molecule has 0 bridgehead atoms. The lowest BCUT2D eigenvalue weighted by Crippen LogP contribution is -2.21. The summed E-state index contributed by atoms with van der Waals surface area (Å²) in [7, 11) is 0. The quantitative estimate of drug-likeness (QED) is 0.500. The molecular weight excluding hydrogens is 356 g/mol. The van der Waals surface area contributed by atoms with Crippen LogP contribution in [0.2, 0.25) is 0 Å². The fourth-order valence-electron chi connectivity index (χ4n) is 2.30. The smallest absolute Gasteiger partial charge is 0.374 e. The zero-order valence-electron chi connectivity index (χ0n) is 15.0. The van der Waals surface area contributed by atoms with E-state index in [9.17, 15) is 14.7 Å². The number of fused-ring (bicyclic) bond motifs is 1. The van der Waals surface area contributed by atoms with Crippen LogP contribution in [0.15, 0.2) is 33.5 Å². The Balaban J connectivity index is 2.11. The Morgan fingerprint density at radius 2 is 2.15 bits per heavy atom. The van der Waals surface area contributed by atoms with E-state index in [1.165, 1.54) is 0 Å². The van der Waals surface area contributed by atoms with Crippen LogP contribution >= 0.6 is 11.8 Å². The molecule has 26 heavy (non-hydrogen) atoms. The fraction of sp³-hybridized carbons (Fsp3) is 0.474. The van der Waals surface area contributed by atoms with Gasteiger partial charge in [-0.25, -0.2) is 4.79 Å². The Morgan fingerprint density at radius 1 is 1.35 bits per heavy atom. The number of hydrogen-bond donors (Lipinski definition) is 1. The van der Waals surface area contributed by atoms with Crippen LogP contribution in [0.5, 0.6) is 5.75 Å². The van der Waals surface area contributed by atoms with Gasteiger partial charge in [-0.2, -0.15) is 11.8 Å². The standard InChI is InChI=1S/C19H24O6S/c1-3-5-9-26-12-13(20)11-24-15-7-6-8-16-18(15)14(21)10-17(25-16)19(22)23-4-2/h6-8,10,13,20H,3-5,9,11-12H2,1-2H3. The Kier molecular flexibility index (Phi) is 8.00. The van der Waals surface area contributed by atoms with Crippen molar-refractivity contribution in [1.29, 1.82) is 0 Å². The molecule has 1 aromatic carbocycles. The van der Waals surface area contributed by atoms with E-state index in [1.54, 1.807) is 36.9 Å². The van der Waals surface area contributed by atoms with Crippen molar-refractivity contribution in [3.05, 3.63) is 40.2 Å². The summed E-state index contributed by atoms with van der Waals surface area (Å²) >= 11 is 1.68. The van der Waals surface area contributed by atoms with Crippen LogP contribution in [0.3, 0.4) is 0 Å². The van der Waals surface area contributed by atoms with Crippen molar-refractivity contribution < 1.29 is 23.8 Å². The molecule has 1 N–H and O–H groups in total. The van der Waals surface area contributed by atoms with Gasteiger partial charge in [0.2, 0.25) is 5.76 Å². The summed E-state index contributed by atoms with van der Waals surface area (Å²) in [5.41, 5.74) is -0.151. The third kappa shape index (κ3) is 5.51. The van der Waals surface area contributed by atoms with E-state index in [4.69, 9.17) is 13.9 Å². The summed E-state index contributed by atoms with van der Waals surface area (Å²) in [5.74, 6) is 1.07. The molecule has 0 saturated heterocycles. The predicted molar refractivity (Wildman–Crippen MR) is 102 cm³/mol. The molecule has 1 unspecified atom stereocenters. The number of esters is 1. The SMILES string of the molecule is CCCCSCC(O)COc1cccc2oc(C(=O)OCC)cc(=O)c12. The van der Waals surface area contributed by atoms with Crippen LogP contribution in [-0.4, -0.2) is 41.9 Å². The molecule has 1 aromatic heterocycles. The Morgan fingerprint density at radius 3 is 2.88 bits per heavy atom. The molecule has 0 saturated carbocycles. The third-order valence-corrected chi connectivity index (χ3v) is 4.77. The average Bonchev–Trinajstić information content (AvgIpc) is 2.63. The maximum absolute atomic E-state index is 12.4. The molecule has 2 aromatic rings. The van der Waals surface area contributed by atoms with Crippen molar-refractivity contribution in [2.75, 3.05) is 24.7 Å². The van der Waals surface area contributed by atoms with Crippen LogP contribution in [0.4, 0.5) is 0 Å². The van der Waals surface area contributed by atoms with Crippen LogP contribution in [-0.2, 0) is 4.74 Å². The molecule has 142 valence electrons. The van der Waals surface area contributed by atoms with E-state index in [1.807, 2.05) is 0 Å². The fourth-order valence-corrected chi connectivity index (χ4v) is 3.33. The number of carbonyl (C=O) groups is 1. The average molecular weight is 380 g/mol. The molecule has 0 radical (unpaired) electrons. The van der Waals surface area contributed by atoms with Crippen molar-refractivity contribution >= 4 is 28.7 Å². The molecule has 0 spiro atoms. The lowest BCUT2D eigenvalue weighted by Gasteiger charge is -2.13. The Bertz CT molecular complexity index is 785. The number of rotatable bonds is 10. The summed E-state index contributed by atoms with van der Waals surface area (Å²) in [6, 6.07) is 5.99. The second-order valence-corrected chi connectivity index (χ2v) is 6.87. The summed E-state index contributed by atoms with van der Waals surface area (Å²) < 4.78 is 16.0. The first-order valence-electron chi connectivity index (χ1n) is 8.69. The Labute approximate surface area is 156 Å². The number of aliphatic hydroxyl groups is 1. The van der Waals surface area contributed by atoms with Gasteiger partial charge in [0.25, 0.3) is 0 Å². The van der Waals surface area contributed by atoms with Gasteiger partial charge in [-0.15, -0.1) is 0 Å². The predicted octanol–water partition coefficient (Wildman–Crippen LogP) is 3.24. The van der Waals surface area contributed by atoms with E-state index in [0.29, 0.717) is 11.5 Å². The zero-order chi connectivity index (χ0) is 18.9. The second-order valence-electron chi connectivity index (χ2n) is 5.72. The molecule has 1 atom stereocenters. The van der Waals surface area contributed by atoms with Crippen LogP contribution in [0.1, 0.15) is 37.2 Å². The summed E-state index contributed by atoms with van der Waals surface area (Å²) in [4.78, 5) is 24.2. The minimum Gasteiger partial charge on any atom is -0.490 e. The summed E-state index contributed by atoms with van der Waals surface area (Å²) in [5, 5.41) is 10.3. The molecule has 6 nitrogen and oxygen atoms in total. The molecule has 0 aliphatic rings. The van der Waals surface area contributed by atoms with Gasteiger partial charge in [0.05, 0.1) is 12.7 Å². The number of thioether (sulfide) groups is 1. The number of carbonyl (C=O) groups excluding carboxylic acids is 1. The van der Waals surface area contributed by atoms with Gasteiger partial charge < -0.3 is 19.0 Å². The number of ether oxygens (including phenoxy) is 2. The van der Waals surface area contributed by atoms with Crippen LogP contribution in [0.25, 0.3) is 11.0 Å². The van der Waals surface area contributed by atoms with Gasteiger partial charge in [0.15, 0.2) is 5.43 Å². The minimum atomic E-state index is -0.683. The van der Waals surface area contributed by atoms with Gasteiger partial charge in [-0.1, -0.05) is 19.4 Å². The number of aliphatic hydroxyl groups excluding tert-OH is 1. The first-order valence-corrected chi connectivity index (χ1v) is 9.84. The molecule has 2 rings (SSSR count). The summed E-state index contributed by atoms with van der Waals surface area (Å²) in [6.45, 7) is 4.07. The van der Waals surface area contributed by atoms with E-state index in [-0.39, 0.29) is 29.9 Å². The first-order chi connectivity index (χ1) is 12.6. The highest BCUT2D eigenvalue weighted by atomic mass is 32.2. The maximum atomic E-state index is 12.4. The normalized spacial score (nSPS) is 12.1. The molecule has 0 aliphatic heterocycles. The lowest BCUT2D eigenvalue weighted by atomic mass is 10.2. The molecule has 0 fully saturated rings. The largest absolute Gasteiger partial charge is 0.490 e. The highest BCUT2D eigenvalue weighted by molar-refractivity contribution is 7.99. The van der Waals surface area contributed by atoms with E-state index in [0.717, 1.165) is 24.7 Å². The van der Waals surface area contributed by atoms with Gasteiger partial charge >= 0.3 is 5.97 Å².